The van der Waals surface area contributed by atoms with E-state index in [-0.39, 0.29) is 5.91 Å². The number of thiophene rings is 2. The molecule has 1 N–H and O–H groups in total. The highest BCUT2D eigenvalue weighted by atomic mass is 32.1. The first-order valence-corrected chi connectivity index (χ1v) is 10.6. The summed E-state index contributed by atoms with van der Waals surface area (Å²) in [6, 6.07) is 4.15. The van der Waals surface area contributed by atoms with Crippen LogP contribution in [0, 0.1) is 11.3 Å². The third kappa shape index (κ3) is 4.21. The SMILES string of the molecule is CCc1ccc(/C=N/NC(=O)c2csc3c2CCC(C(C)(C)C)C3)s1. The van der Waals surface area contributed by atoms with Crippen LogP contribution >= 0.6 is 22.7 Å². The van der Waals surface area contributed by atoms with Crippen LogP contribution in [0.2, 0.25) is 0 Å². The Balaban J connectivity index is 1.65. The molecule has 3 nitrogen and oxygen atoms in total. The minimum atomic E-state index is -0.0878. The summed E-state index contributed by atoms with van der Waals surface area (Å²) >= 11 is 3.43. The minimum Gasteiger partial charge on any atom is -0.267 e. The van der Waals surface area contributed by atoms with Gasteiger partial charge in [0.1, 0.15) is 0 Å². The molecule has 1 aliphatic carbocycles. The Hall–Kier alpha value is -1.46. The predicted molar refractivity (Wildman–Crippen MR) is 108 cm³/mol. The number of aryl methyl sites for hydroxylation is 1. The third-order valence-corrected chi connectivity index (χ3v) is 7.23. The highest BCUT2D eigenvalue weighted by Crippen LogP contribution is 2.40. The van der Waals surface area contributed by atoms with Crippen molar-refractivity contribution in [2.75, 3.05) is 0 Å². The summed E-state index contributed by atoms with van der Waals surface area (Å²) in [5.41, 5.74) is 5.07. The molecule has 2 heterocycles. The molecule has 1 unspecified atom stereocenters. The maximum absolute atomic E-state index is 12.5. The second-order valence-electron chi connectivity index (χ2n) is 7.71. The molecular formula is C20H26N2OS2. The number of hydrogen-bond acceptors (Lipinski definition) is 4. The molecule has 0 aromatic carbocycles. The van der Waals surface area contributed by atoms with Crippen molar-refractivity contribution >= 4 is 34.8 Å². The van der Waals surface area contributed by atoms with Crippen LogP contribution in [0.1, 0.15) is 64.7 Å². The number of hydrogen-bond donors (Lipinski definition) is 1. The molecule has 0 saturated heterocycles. The molecule has 2 aromatic rings. The molecule has 0 bridgehead atoms. The summed E-state index contributed by atoms with van der Waals surface area (Å²) in [7, 11) is 0. The lowest BCUT2D eigenvalue weighted by atomic mass is 9.72. The van der Waals surface area contributed by atoms with Gasteiger partial charge in [-0.05, 0) is 54.7 Å². The van der Waals surface area contributed by atoms with Crippen LogP contribution < -0.4 is 5.43 Å². The summed E-state index contributed by atoms with van der Waals surface area (Å²) in [4.78, 5) is 16.3. The van der Waals surface area contributed by atoms with Crippen molar-refractivity contribution < 1.29 is 4.79 Å². The van der Waals surface area contributed by atoms with Crippen LogP contribution in [0.25, 0.3) is 0 Å². The predicted octanol–water partition coefficient (Wildman–Crippen LogP) is 5.29. The van der Waals surface area contributed by atoms with Crippen molar-refractivity contribution in [1.29, 1.82) is 0 Å². The van der Waals surface area contributed by atoms with E-state index < -0.39 is 0 Å². The second-order valence-corrected chi connectivity index (χ2v) is 9.88. The smallest absolute Gasteiger partial charge is 0.267 e. The topological polar surface area (TPSA) is 41.5 Å². The zero-order valence-electron chi connectivity index (χ0n) is 15.4. The molecular weight excluding hydrogens is 348 g/mol. The van der Waals surface area contributed by atoms with Crippen molar-refractivity contribution in [2.45, 2.75) is 53.4 Å². The van der Waals surface area contributed by atoms with Crippen molar-refractivity contribution in [3.05, 3.63) is 43.3 Å². The van der Waals surface area contributed by atoms with Crippen molar-refractivity contribution in [1.82, 2.24) is 5.43 Å². The molecule has 1 aliphatic rings. The molecule has 2 aromatic heterocycles. The second kappa shape index (κ2) is 7.42. The molecule has 0 fully saturated rings. The zero-order chi connectivity index (χ0) is 18.0. The van der Waals surface area contributed by atoms with Crippen molar-refractivity contribution in [3.8, 4) is 0 Å². The van der Waals surface area contributed by atoms with E-state index in [1.54, 1.807) is 28.9 Å². The van der Waals surface area contributed by atoms with Crippen molar-refractivity contribution in [2.24, 2.45) is 16.4 Å². The van der Waals surface area contributed by atoms with Crippen LogP contribution in [0.4, 0.5) is 0 Å². The molecule has 3 rings (SSSR count). The van der Waals surface area contributed by atoms with Crippen molar-refractivity contribution in [3.63, 3.8) is 0 Å². The molecule has 25 heavy (non-hydrogen) atoms. The Morgan fingerprint density at radius 2 is 2.20 bits per heavy atom. The summed E-state index contributed by atoms with van der Waals surface area (Å²) in [6.07, 6.45) is 6.01. The Morgan fingerprint density at radius 1 is 1.40 bits per heavy atom. The zero-order valence-corrected chi connectivity index (χ0v) is 17.0. The molecule has 0 spiro atoms. The first-order valence-electron chi connectivity index (χ1n) is 8.89. The molecule has 5 heteroatoms. The highest BCUT2D eigenvalue weighted by molar-refractivity contribution is 7.13. The highest BCUT2D eigenvalue weighted by Gasteiger charge is 2.31. The first-order chi connectivity index (χ1) is 11.9. The Bertz CT molecular complexity index is 780. The maximum atomic E-state index is 12.5. The van der Waals surface area contributed by atoms with Crippen LogP contribution in [-0.2, 0) is 19.3 Å². The summed E-state index contributed by atoms with van der Waals surface area (Å²) in [5.74, 6) is 0.606. The van der Waals surface area contributed by atoms with E-state index in [9.17, 15) is 4.79 Å². The number of carbonyl (C=O) groups is 1. The number of rotatable bonds is 4. The fraction of sp³-hybridized carbons (Fsp3) is 0.500. The van der Waals surface area contributed by atoms with Gasteiger partial charge in [-0.3, -0.25) is 4.79 Å². The Morgan fingerprint density at radius 3 is 2.88 bits per heavy atom. The summed E-state index contributed by atoms with van der Waals surface area (Å²) < 4.78 is 0. The lowest BCUT2D eigenvalue weighted by molar-refractivity contribution is 0.0954. The van der Waals surface area contributed by atoms with Crippen LogP contribution in [0.3, 0.4) is 0 Å². The number of carbonyl (C=O) groups excluding carboxylic acids is 1. The van der Waals surface area contributed by atoms with E-state index in [2.05, 4.69) is 44.3 Å². The monoisotopic (exact) mass is 374 g/mol. The van der Waals surface area contributed by atoms with E-state index in [0.29, 0.717) is 11.3 Å². The fourth-order valence-electron chi connectivity index (χ4n) is 3.31. The summed E-state index contributed by atoms with van der Waals surface area (Å²) in [5, 5.41) is 6.14. The average Bonchev–Trinajstić information content (AvgIpc) is 3.19. The van der Waals surface area contributed by atoms with Gasteiger partial charge < -0.3 is 0 Å². The number of nitrogens with zero attached hydrogens (tertiary/aromatic N) is 1. The van der Waals surface area contributed by atoms with E-state index in [4.69, 9.17) is 0 Å². The van der Waals surface area contributed by atoms with Crippen LogP contribution in [-0.4, -0.2) is 12.1 Å². The normalized spacial score (nSPS) is 17.7. The molecule has 0 radical (unpaired) electrons. The quantitative estimate of drug-likeness (QED) is 0.573. The van der Waals surface area contributed by atoms with Gasteiger partial charge in [-0.25, -0.2) is 5.43 Å². The molecule has 0 aliphatic heterocycles. The van der Waals surface area contributed by atoms with Gasteiger partial charge in [-0.2, -0.15) is 5.10 Å². The number of hydrazone groups is 1. The average molecular weight is 375 g/mol. The number of nitrogens with one attached hydrogen (secondary N) is 1. The lowest BCUT2D eigenvalue weighted by Crippen LogP contribution is -2.27. The molecule has 1 atom stereocenters. The van der Waals surface area contributed by atoms with E-state index in [0.717, 1.165) is 36.1 Å². The van der Waals surface area contributed by atoms with Gasteiger partial charge in [0, 0.05) is 20.0 Å². The van der Waals surface area contributed by atoms with Gasteiger partial charge >= 0.3 is 0 Å². The fourth-order valence-corrected chi connectivity index (χ4v) is 5.30. The first kappa shape index (κ1) is 18.3. The van der Waals surface area contributed by atoms with Gasteiger partial charge in [0.15, 0.2) is 0 Å². The van der Waals surface area contributed by atoms with Gasteiger partial charge in [-0.1, -0.05) is 27.7 Å². The number of fused-ring (bicyclic) bond motifs is 1. The number of amides is 1. The van der Waals surface area contributed by atoms with Crippen LogP contribution in [0.5, 0.6) is 0 Å². The van der Waals surface area contributed by atoms with Gasteiger partial charge in [0.05, 0.1) is 11.8 Å². The Labute approximate surface area is 158 Å². The van der Waals surface area contributed by atoms with E-state index in [1.807, 2.05) is 11.4 Å². The van der Waals surface area contributed by atoms with Gasteiger partial charge in [0.25, 0.3) is 5.91 Å². The third-order valence-electron chi connectivity index (χ3n) is 5.01. The Kier molecular flexibility index (Phi) is 5.44. The minimum absolute atomic E-state index is 0.0878. The standard InChI is InChI=1S/C20H26N2OS2/c1-5-14-7-8-15(25-14)11-21-22-19(23)17-12-24-18-10-13(20(2,3)4)6-9-16(17)18/h7-8,11-13H,5-6,9-10H2,1-4H3,(H,22,23)/b21-11+. The van der Waals surface area contributed by atoms with E-state index >= 15 is 0 Å². The largest absolute Gasteiger partial charge is 0.272 e. The molecule has 1 amide bonds. The van der Waals surface area contributed by atoms with E-state index in [1.165, 1.54) is 15.3 Å². The molecule has 134 valence electrons. The van der Waals surface area contributed by atoms with Gasteiger partial charge in [0.2, 0.25) is 0 Å². The lowest BCUT2D eigenvalue weighted by Gasteiger charge is -2.33. The molecule has 0 saturated carbocycles. The maximum Gasteiger partial charge on any atom is 0.272 e. The summed E-state index contributed by atoms with van der Waals surface area (Å²) in [6.45, 7) is 9.08. The van der Waals surface area contributed by atoms with Gasteiger partial charge in [-0.15, -0.1) is 22.7 Å². The van der Waals surface area contributed by atoms with Crippen LogP contribution in [0.15, 0.2) is 22.6 Å².